The van der Waals surface area contributed by atoms with Gasteiger partial charge < -0.3 is 33.8 Å². The molecule has 23 heavy (non-hydrogen) atoms. The molecule has 6 heteroatoms. The highest BCUT2D eigenvalue weighted by atomic mass is 127. The quantitative estimate of drug-likeness (QED) is 0.326. The fourth-order valence-electron chi connectivity index (χ4n) is 4.49. The molecule has 0 spiro atoms. The first-order chi connectivity index (χ1) is 10.6. The predicted molar refractivity (Wildman–Crippen MR) is 87.9 cm³/mol. The van der Waals surface area contributed by atoms with Crippen LogP contribution in [0.1, 0.15) is 32.1 Å². The molecular formula is C17H26IN3O2. The minimum absolute atomic E-state index is 0. The zero-order valence-corrected chi connectivity index (χ0v) is 15.9. The van der Waals surface area contributed by atoms with Crippen LogP contribution >= 0.6 is 0 Å². The third kappa shape index (κ3) is 3.96. The molecular weight excluding hydrogens is 405 g/mol. The molecule has 1 N–H and O–H groups in total. The summed E-state index contributed by atoms with van der Waals surface area (Å²) in [6.07, 6.45) is 6.50. The van der Waals surface area contributed by atoms with Gasteiger partial charge in [0.2, 0.25) is 0 Å². The van der Waals surface area contributed by atoms with Crippen molar-refractivity contribution in [1.82, 2.24) is 0 Å². The minimum Gasteiger partial charge on any atom is -1.00 e. The second-order valence-corrected chi connectivity index (χ2v) is 7.05. The van der Waals surface area contributed by atoms with Crippen molar-refractivity contribution in [3.8, 4) is 0 Å². The van der Waals surface area contributed by atoms with Crippen LogP contribution in [0.3, 0.4) is 0 Å². The summed E-state index contributed by atoms with van der Waals surface area (Å²) in [6.45, 7) is 3.45. The number of nitro groups is 1. The standard InChI is InChI=1S/C17H26N3O2.HI/c1-20-11-5-4-10-17(20)14(7-6-12-20)13-18-15-8-2-3-9-16(15)19(21)22;/h2-3,8-9,14,17-18H,4-7,10-13H2,1H3;1H/q+1;/p-1. The Bertz CT molecular complexity index is 550. The van der Waals surface area contributed by atoms with Gasteiger partial charge in [-0.1, -0.05) is 12.1 Å². The zero-order valence-electron chi connectivity index (χ0n) is 13.7. The molecule has 3 atom stereocenters. The van der Waals surface area contributed by atoms with E-state index in [0.29, 0.717) is 11.6 Å². The molecule has 5 nitrogen and oxygen atoms in total. The third-order valence-electron chi connectivity index (χ3n) is 5.66. The topological polar surface area (TPSA) is 55.2 Å². The molecule has 2 heterocycles. The molecule has 2 saturated heterocycles. The molecule has 0 amide bonds. The Morgan fingerprint density at radius 1 is 1.22 bits per heavy atom. The number of benzene rings is 1. The van der Waals surface area contributed by atoms with E-state index >= 15 is 0 Å². The summed E-state index contributed by atoms with van der Waals surface area (Å²) in [5.74, 6) is 0.624. The summed E-state index contributed by atoms with van der Waals surface area (Å²) in [6, 6.07) is 7.69. The maximum absolute atomic E-state index is 11.1. The average molecular weight is 431 g/mol. The van der Waals surface area contributed by atoms with Crippen molar-refractivity contribution in [2.75, 3.05) is 32.0 Å². The first-order valence-corrected chi connectivity index (χ1v) is 8.42. The molecule has 0 aliphatic carbocycles. The minimum atomic E-state index is -0.302. The highest BCUT2D eigenvalue weighted by molar-refractivity contribution is 5.61. The van der Waals surface area contributed by atoms with E-state index < -0.39 is 0 Å². The van der Waals surface area contributed by atoms with Gasteiger partial charge in [-0.2, -0.15) is 0 Å². The van der Waals surface area contributed by atoms with Crippen LogP contribution in [0.4, 0.5) is 11.4 Å². The van der Waals surface area contributed by atoms with Crippen molar-refractivity contribution in [3.05, 3.63) is 34.4 Å². The molecule has 2 fully saturated rings. The van der Waals surface area contributed by atoms with E-state index in [0.717, 1.165) is 12.6 Å². The number of rotatable bonds is 4. The van der Waals surface area contributed by atoms with Gasteiger partial charge in [0, 0.05) is 18.5 Å². The van der Waals surface area contributed by atoms with E-state index in [1.54, 1.807) is 12.1 Å². The SMILES string of the molecule is C[N+]12CCCCC1C(CNc1ccccc1[N+](=O)[O-])CCC2.[I-]. The number of halogens is 1. The van der Waals surface area contributed by atoms with Gasteiger partial charge in [0.25, 0.3) is 5.69 Å². The van der Waals surface area contributed by atoms with E-state index in [4.69, 9.17) is 0 Å². The lowest BCUT2D eigenvalue weighted by Crippen LogP contribution is -3.00. The second-order valence-electron chi connectivity index (χ2n) is 7.05. The Hall–Kier alpha value is -0.890. The van der Waals surface area contributed by atoms with Crippen LogP contribution in [0, 0.1) is 16.0 Å². The van der Waals surface area contributed by atoms with Crippen LogP contribution < -0.4 is 29.3 Å². The smallest absolute Gasteiger partial charge is 0.292 e. The Balaban J connectivity index is 0.00000192. The van der Waals surface area contributed by atoms with Crippen molar-refractivity contribution < 1.29 is 33.4 Å². The Morgan fingerprint density at radius 2 is 1.96 bits per heavy atom. The highest BCUT2D eigenvalue weighted by Gasteiger charge is 2.43. The fraction of sp³-hybridized carbons (Fsp3) is 0.647. The summed E-state index contributed by atoms with van der Waals surface area (Å²) in [5.41, 5.74) is 0.835. The molecule has 0 radical (unpaired) electrons. The normalized spacial score (nSPS) is 30.0. The lowest BCUT2D eigenvalue weighted by molar-refractivity contribution is -0.946. The van der Waals surface area contributed by atoms with Crippen LogP contribution in [-0.2, 0) is 0 Å². The third-order valence-corrected chi connectivity index (χ3v) is 5.66. The number of hydrogen-bond acceptors (Lipinski definition) is 3. The van der Waals surface area contributed by atoms with E-state index in [1.165, 1.54) is 49.7 Å². The van der Waals surface area contributed by atoms with Crippen LogP contribution in [0.15, 0.2) is 24.3 Å². The molecule has 0 saturated carbocycles. The number of nitro benzene ring substituents is 1. The number of anilines is 1. The van der Waals surface area contributed by atoms with E-state index in [2.05, 4.69) is 12.4 Å². The number of nitrogens with one attached hydrogen (secondary N) is 1. The lowest BCUT2D eigenvalue weighted by atomic mass is 9.81. The second kappa shape index (κ2) is 7.79. The summed E-state index contributed by atoms with van der Waals surface area (Å²) < 4.78 is 1.21. The van der Waals surface area contributed by atoms with Gasteiger partial charge in [-0.25, -0.2) is 0 Å². The number of quaternary nitrogens is 1. The van der Waals surface area contributed by atoms with Crippen LogP contribution in [0.25, 0.3) is 0 Å². The number of para-hydroxylation sites is 2. The maximum atomic E-state index is 11.1. The lowest BCUT2D eigenvalue weighted by Gasteiger charge is -2.51. The monoisotopic (exact) mass is 431 g/mol. The highest BCUT2D eigenvalue weighted by Crippen LogP contribution is 2.36. The van der Waals surface area contributed by atoms with E-state index in [1.807, 2.05) is 12.1 Å². The van der Waals surface area contributed by atoms with Gasteiger partial charge in [0.05, 0.1) is 31.1 Å². The van der Waals surface area contributed by atoms with Crippen molar-refractivity contribution >= 4 is 11.4 Å². The van der Waals surface area contributed by atoms with Gasteiger partial charge in [-0.3, -0.25) is 10.1 Å². The molecule has 3 rings (SSSR count). The molecule has 128 valence electrons. The number of piperidine rings is 2. The summed E-state index contributed by atoms with van der Waals surface area (Å²) >= 11 is 0. The van der Waals surface area contributed by atoms with Gasteiger partial charge in [-0.15, -0.1) is 0 Å². The summed E-state index contributed by atoms with van der Waals surface area (Å²) in [7, 11) is 2.40. The predicted octanol–water partition coefficient (Wildman–Crippen LogP) is 0.420. The first kappa shape index (κ1) is 18.4. The number of hydrogen-bond donors (Lipinski definition) is 1. The number of nitrogens with zero attached hydrogens (tertiary/aromatic N) is 2. The largest absolute Gasteiger partial charge is 1.00 e. The van der Waals surface area contributed by atoms with Crippen molar-refractivity contribution in [2.45, 2.75) is 38.1 Å². The van der Waals surface area contributed by atoms with Gasteiger partial charge in [0.15, 0.2) is 0 Å². The van der Waals surface area contributed by atoms with Crippen molar-refractivity contribution in [2.24, 2.45) is 5.92 Å². The molecule has 2 aliphatic heterocycles. The van der Waals surface area contributed by atoms with E-state index in [9.17, 15) is 10.1 Å². The Kier molecular flexibility index (Phi) is 6.25. The zero-order chi connectivity index (χ0) is 15.6. The first-order valence-electron chi connectivity index (χ1n) is 8.42. The van der Waals surface area contributed by atoms with Gasteiger partial charge in [0.1, 0.15) is 5.69 Å². The van der Waals surface area contributed by atoms with Crippen molar-refractivity contribution in [3.63, 3.8) is 0 Å². The molecule has 0 bridgehead atoms. The molecule has 0 aromatic heterocycles. The van der Waals surface area contributed by atoms with Gasteiger partial charge in [-0.05, 0) is 38.2 Å². The maximum Gasteiger partial charge on any atom is 0.292 e. The molecule has 2 aliphatic rings. The fourth-order valence-corrected chi connectivity index (χ4v) is 4.49. The summed E-state index contributed by atoms with van der Waals surface area (Å²) in [4.78, 5) is 10.8. The van der Waals surface area contributed by atoms with E-state index in [-0.39, 0.29) is 34.6 Å². The van der Waals surface area contributed by atoms with Crippen molar-refractivity contribution in [1.29, 1.82) is 0 Å². The van der Waals surface area contributed by atoms with Crippen LogP contribution in [0.5, 0.6) is 0 Å². The van der Waals surface area contributed by atoms with Crippen LogP contribution in [-0.4, -0.2) is 42.1 Å². The molecule has 3 unspecified atom stereocenters. The molecule has 1 aromatic rings. The Morgan fingerprint density at radius 3 is 2.74 bits per heavy atom. The number of fused-ring (bicyclic) bond motifs is 1. The van der Waals surface area contributed by atoms with Crippen LogP contribution in [0.2, 0.25) is 0 Å². The average Bonchev–Trinajstić information content (AvgIpc) is 2.52. The summed E-state index contributed by atoms with van der Waals surface area (Å²) in [5, 5.41) is 14.5. The Labute approximate surface area is 155 Å². The van der Waals surface area contributed by atoms with Gasteiger partial charge >= 0.3 is 0 Å². The molecule has 1 aromatic carbocycles.